The summed E-state index contributed by atoms with van der Waals surface area (Å²) in [6.45, 7) is 0.167. The Kier molecular flexibility index (Phi) is 6.76. The summed E-state index contributed by atoms with van der Waals surface area (Å²) in [6.07, 6.45) is -4.64. The second kappa shape index (κ2) is 10.2. The summed E-state index contributed by atoms with van der Waals surface area (Å²) >= 11 is 0. The number of aromatic nitrogens is 6. The largest absolute Gasteiger partial charge is 0.416 e. The highest BCUT2D eigenvalue weighted by Crippen LogP contribution is 2.31. The third-order valence-electron chi connectivity index (χ3n) is 5.63. The lowest BCUT2D eigenvalue weighted by Crippen LogP contribution is -2.09. The highest BCUT2D eigenvalue weighted by molar-refractivity contribution is 5.84. The van der Waals surface area contributed by atoms with Crippen molar-refractivity contribution >= 4 is 28.7 Å². The van der Waals surface area contributed by atoms with Crippen molar-refractivity contribution in [1.29, 1.82) is 0 Å². The van der Waals surface area contributed by atoms with E-state index in [1.54, 1.807) is 16.7 Å². The van der Waals surface area contributed by atoms with Crippen LogP contribution < -0.4 is 10.6 Å². The van der Waals surface area contributed by atoms with Crippen LogP contribution in [-0.2, 0) is 25.4 Å². The molecule has 0 bridgehead atoms. The first-order valence-electron chi connectivity index (χ1n) is 11.4. The van der Waals surface area contributed by atoms with Crippen molar-refractivity contribution in [3.8, 4) is 0 Å². The number of halogens is 6. The summed E-state index contributed by atoms with van der Waals surface area (Å²) in [5.74, 6) is 0.740. The number of anilines is 3. The zero-order valence-electron chi connectivity index (χ0n) is 19.8. The molecule has 0 saturated carbocycles. The molecule has 0 spiro atoms. The van der Waals surface area contributed by atoms with E-state index >= 15 is 0 Å². The number of rotatable bonds is 7. The first-order chi connectivity index (χ1) is 18.6. The highest BCUT2D eigenvalue weighted by atomic mass is 19.4. The smallest absolute Gasteiger partial charge is 0.364 e. The number of imidazole rings is 1. The molecule has 14 heteroatoms. The first-order valence-corrected chi connectivity index (χ1v) is 11.4. The second-order valence-electron chi connectivity index (χ2n) is 8.41. The van der Waals surface area contributed by atoms with E-state index in [9.17, 15) is 26.3 Å². The van der Waals surface area contributed by atoms with Crippen LogP contribution in [0, 0.1) is 0 Å². The topological polar surface area (TPSA) is 93.4 Å². The Bertz CT molecular complexity index is 1580. The molecular formula is C25H18F6N8. The van der Waals surface area contributed by atoms with E-state index in [1.165, 1.54) is 37.1 Å². The molecule has 2 N–H and O–H groups in total. The Balaban J connectivity index is 1.47. The Hall–Kier alpha value is -4.75. The Morgan fingerprint density at radius 1 is 0.795 bits per heavy atom. The van der Waals surface area contributed by atoms with Crippen molar-refractivity contribution < 1.29 is 26.3 Å². The van der Waals surface area contributed by atoms with Crippen LogP contribution in [0.1, 0.15) is 22.3 Å². The summed E-state index contributed by atoms with van der Waals surface area (Å²) in [5, 5.41) is 5.96. The molecule has 0 unspecified atom stereocenters. The van der Waals surface area contributed by atoms with E-state index in [1.807, 2.05) is 0 Å². The Labute approximate surface area is 216 Å². The van der Waals surface area contributed by atoms with Crippen molar-refractivity contribution in [3.05, 3.63) is 95.7 Å². The number of fused-ring (bicyclic) bond motifs is 1. The second-order valence-corrected chi connectivity index (χ2v) is 8.41. The average molecular weight is 544 g/mol. The van der Waals surface area contributed by atoms with Crippen molar-refractivity contribution in [2.45, 2.75) is 25.4 Å². The minimum absolute atomic E-state index is 0.00868. The summed E-state index contributed by atoms with van der Waals surface area (Å²) in [7, 11) is 0. The molecule has 0 atom stereocenters. The summed E-state index contributed by atoms with van der Waals surface area (Å²) in [5.41, 5.74) is 0.0638. The fraction of sp³-hybridized carbons (Fsp3) is 0.160. The number of nitrogens with one attached hydrogen (secondary N) is 2. The van der Waals surface area contributed by atoms with E-state index in [2.05, 4.69) is 35.6 Å². The number of alkyl halides is 6. The van der Waals surface area contributed by atoms with Gasteiger partial charge in [-0.2, -0.15) is 36.3 Å². The van der Waals surface area contributed by atoms with E-state index in [0.29, 0.717) is 28.1 Å². The minimum atomic E-state index is -4.48. The molecule has 3 heterocycles. The lowest BCUT2D eigenvalue weighted by Gasteiger charge is -2.12. The number of benzene rings is 2. The molecule has 0 saturated heterocycles. The summed E-state index contributed by atoms with van der Waals surface area (Å²) in [6, 6.07) is 11.2. The van der Waals surface area contributed by atoms with Crippen LogP contribution >= 0.6 is 0 Å². The van der Waals surface area contributed by atoms with Gasteiger partial charge in [0, 0.05) is 12.7 Å². The SMILES string of the molecule is FC(F)(F)c1ccc(Cn2cnc3c(NCc4cccc(C(F)(F)F)c4)nc(Nc4ccncn4)nc32)cc1. The first kappa shape index (κ1) is 25.9. The lowest BCUT2D eigenvalue weighted by atomic mass is 10.1. The van der Waals surface area contributed by atoms with Crippen LogP contribution in [0.2, 0.25) is 0 Å². The van der Waals surface area contributed by atoms with Crippen molar-refractivity contribution in [2.75, 3.05) is 10.6 Å². The number of hydrogen-bond donors (Lipinski definition) is 2. The van der Waals surface area contributed by atoms with Crippen LogP contribution in [0.5, 0.6) is 0 Å². The molecule has 0 radical (unpaired) electrons. The molecule has 0 aliphatic carbocycles. The van der Waals surface area contributed by atoms with Gasteiger partial charge in [0.15, 0.2) is 17.0 Å². The molecule has 0 aliphatic rings. The monoisotopic (exact) mass is 544 g/mol. The van der Waals surface area contributed by atoms with Crippen LogP contribution in [-0.4, -0.2) is 29.5 Å². The van der Waals surface area contributed by atoms with Crippen LogP contribution in [0.15, 0.2) is 73.4 Å². The van der Waals surface area contributed by atoms with Gasteiger partial charge in [-0.3, -0.25) is 0 Å². The molecule has 8 nitrogen and oxygen atoms in total. The fourth-order valence-electron chi connectivity index (χ4n) is 3.76. The molecule has 5 aromatic rings. The van der Waals surface area contributed by atoms with E-state index in [-0.39, 0.29) is 24.9 Å². The van der Waals surface area contributed by atoms with Gasteiger partial charge in [-0.15, -0.1) is 0 Å². The quantitative estimate of drug-likeness (QED) is 0.241. The molecular weight excluding hydrogens is 526 g/mol. The molecule has 200 valence electrons. The highest BCUT2D eigenvalue weighted by Gasteiger charge is 2.31. The van der Waals surface area contributed by atoms with Gasteiger partial charge >= 0.3 is 12.4 Å². The lowest BCUT2D eigenvalue weighted by molar-refractivity contribution is -0.138. The van der Waals surface area contributed by atoms with Gasteiger partial charge in [0.05, 0.1) is 24.0 Å². The van der Waals surface area contributed by atoms with E-state index < -0.39 is 23.5 Å². The van der Waals surface area contributed by atoms with Gasteiger partial charge < -0.3 is 15.2 Å². The number of hydrogen-bond acceptors (Lipinski definition) is 7. The van der Waals surface area contributed by atoms with Crippen LogP contribution in [0.25, 0.3) is 11.2 Å². The van der Waals surface area contributed by atoms with Gasteiger partial charge in [-0.25, -0.2) is 15.0 Å². The van der Waals surface area contributed by atoms with Gasteiger partial charge in [0.2, 0.25) is 5.95 Å². The molecule has 3 aromatic heterocycles. The average Bonchev–Trinajstić information content (AvgIpc) is 3.30. The predicted molar refractivity (Wildman–Crippen MR) is 130 cm³/mol. The van der Waals surface area contributed by atoms with Gasteiger partial charge in [-0.05, 0) is 41.5 Å². The zero-order chi connectivity index (χ0) is 27.6. The molecule has 39 heavy (non-hydrogen) atoms. The van der Waals surface area contributed by atoms with Gasteiger partial charge in [0.25, 0.3) is 0 Å². The van der Waals surface area contributed by atoms with Crippen LogP contribution in [0.4, 0.5) is 43.9 Å². The standard InChI is InChI=1S/C25H18F6N8/c26-24(27,28)17-6-4-15(5-7-17)12-39-14-35-20-21(33-11-16-2-1-3-18(10-16)25(29,30)31)37-23(38-22(20)39)36-19-8-9-32-13-34-19/h1-10,13-14H,11-12H2,(H2,32,33,34,36,37,38). The summed E-state index contributed by atoms with van der Waals surface area (Å²) in [4.78, 5) is 21.2. The van der Waals surface area contributed by atoms with Crippen molar-refractivity contribution in [2.24, 2.45) is 0 Å². The number of nitrogens with zero attached hydrogens (tertiary/aromatic N) is 6. The van der Waals surface area contributed by atoms with E-state index in [4.69, 9.17) is 0 Å². The Morgan fingerprint density at radius 2 is 1.56 bits per heavy atom. The summed E-state index contributed by atoms with van der Waals surface area (Å²) < 4.78 is 79.8. The third kappa shape index (κ3) is 6.05. The molecule has 0 aliphatic heterocycles. The molecule has 0 fully saturated rings. The Morgan fingerprint density at radius 3 is 2.26 bits per heavy atom. The normalized spacial score (nSPS) is 12.1. The van der Waals surface area contributed by atoms with Crippen LogP contribution in [0.3, 0.4) is 0 Å². The maximum Gasteiger partial charge on any atom is 0.416 e. The maximum atomic E-state index is 13.1. The maximum absolute atomic E-state index is 13.1. The zero-order valence-corrected chi connectivity index (χ0v) is 19.8. The van der Waals surface area contributed by atoms with Gasteiger partial charge in [0.1, 0.15) is 12.1 Å². The minimum Gasteiger partial charge on any atom is -0.364 e. The van der Waals surface area contributed by atoms with Crippen molar-refractivity contribution in [1.82, 2.24) is 29.5 Å². The third-order valence-corrected chi connectivity index (χ3v) is 5.63. The van der Waals surface area contributed by atoms with Crippen molar-refractivity contribution in [3.63, 3.8) is 0 Å². The van der Waals surface area contributed by atoms with E-state index in [0.717, 1.165) is 24.3 Å². The molecule has 2 aromatic carbocycles. The molecule has 0 amide bonds. The predicted octanol–water partition coefficient (Wildman–Crippen LogP) is 6.06. The van der Waals surface area contributed by atoms with Gasteiger partial charge in [-0.1, -0.05) is 24.3 Å². The molecule has 5 rings (SSSR count). The fourth-order valence-corrected chi connectivity index (χ4v) is 3.76.